The van der Waals surface area contributed by atoms with Crippen LogP contribution in [-0.4, -0.2) is 38.8 Å². The van der Waals surface area contributed by atoms with Crippen molar-refractivity contribution in [2.45, 2.75) is 17.7 Å². The number of piperidine rings is 1. The minimum absolute atomic E-state index is 0.120. The molecular formula is C19H20ClFN2O3S. The predicted molar refractivity (Wildman–Crippen MR) is 103 cm³/mol. The van der Waals surface area contributed by atoms with Gasteiger partial charge in [0, 0.05) is 30.8 Å². The number of carbonyl (C=O) groups excluding carboxylic acids is 1. The Bertz CT molecular complexity index is 917. The van der Waals surface area contributed by atoms with Crippen LogP contribution in [0.5, 0.6) is 0 Å². The van der Waals surface area contributed by atoms with Crippen molar-refractivity contribution >= 4 is 33.2 Å². The zero-order valence-electron chi connectivity index (χ0n) is 14.8. The lowest BCUT2D eigenvalue weighted by Crippen LogP contribution is -2.45. The topological polar surface area (TPSA) is 57.7 Å². The summed E-state index contributed by atoms with van der Waals surface area (Å²) in [6, 6.07) is 11.6. The monoisotopic (exact) mass is 410 g/mol. The Balaban J connectivity index is 1.76. The lowest BCUT2D eigenvalue weighted by atomic mass is 9.98. The van der Waals surface area contributed by atoms with E-state index < -0.39 is 15.9 Å². The van der Waals surface area contributed by atoms with Crippen LogP contribution in [0.4, 0.5) is 10.1 Å². The third kappa shape index (κ3) is 4.31. The van der Waals surface area contributed by atoms with Crippen molar-refractivity contribution in [3.63, 3.8) is 0 Å². The van der Waals surface area contributed by atoms with E-state index in [1.807, 2.05) is 0 Å². The summed E-state index contributed by atoms with van der Waals surface area (Å²) in [5.41, 5.74) is 0.569. The fraction of sp³-hybridized carbons (Fsp3) is 0.316. The standard InChI is InChI=1S/C19H20ClFN2O3S/c1-22(17-8-6-16(21)7-9-17)19(24)14-3-2-12-23(13-14)27(25,26)18-10-4-15(20)5-11-18/h4-11,14H,2-3,12-13H2,1H3/t14-/m1/s1. The van der Waals surface area contributed by atoms with Gasteiger partial charge < -0.3 is 4.90 Å². The summed E-state index contributed by atoms with van der Waals surface area (Å²) in [7, 11) is -2.07. The van der Waals surface area contributed by atoms with Gasteiger partial charge >= 0.3 is 0 Å². The number of halogens is 2. The first-order chi connectivity index (χ1) is 12.8. The number of nitrogens with zero attached hydrogens (tertiary/aromatic N) is 2. The molecule has 0 radical (unpaired) electrons. The summed E-state index contributed by atoms with van der Waals surface area (Å²) in [6.07, 6.45) is 1.21. The van der Waals surface area contributed by atoms with Gasteiger partial charge in [-0.1, -0.05) is 11.6 Å². The van der Waals surface area contributed by atoms with Crippen LogP contribution in [0.15, 0.2) is 53.4 Å². The van der Waals surface area contributed by atoms with Crippen LogP contribution in [0, 0.1) is 11.7 Å². The molecule has 2 aromatic rings. The van der Waals surface area contributed by atoms with Crippen molar-refractivity contribution in [3.05, 3.63) is 59.4 Å². The molecule has 0 aliphatic carbocycles. The van der Waals surface area contributed by atoms with Crippen LogP contribution in [0.1, 0.15) is 12.8 Å². The lowest BCUT2D eigenvalue weighted by Gasteiger charge is -2.33. The maximum atomic E-state index is 13.1. The third-order valence-electron chi connectivity index (χ3n) is 4.73. The summed E-state index contributed by atoms with van der Waals surface area (Å²) >= 11 is 5.83. The van der Waals surface area contributed by atoms with Gasteiger partial charge in [0.1, 0.15) is 5.82 Å². The Labute approximate surface area is 163 Å². The molecule has 0 spiro atoms. The quantitative estimate of drug-likeness (QED) is 0.774. The average Bonchev–Trinajstić information content (AvgIpc) is 2.68. The highest BCUT2D eigenvalue weighted by atomic mass is 35.5. The zero-order chi connectivity index (χ0) is 19.6. The smallest absolute Gasteiger partial charge is 0.243 e. The Kier molecular flexibility index (Phi) is 5.83. The molecule has 27 heavy (non-hydrogen) atoms. The second-order valence-electron chi connectivity index (χ2n) is 6.53. The number of hydrogen-bond donors (Lipinski definition) is 0. The molecule has 1 saturated heterocycles. The molecule has 0 aromatic heterocycles. The SMILES string of the molecule is CN(C(=O)[C@@H]1CCCN(S(=O)(=O)c2ccc(Cl)cc2)C1)c1ccc(F)cc1. The summed E-state index contributed by atoms with van der Waals surface area (Å²) < 4.78 is 40.2. The molecule has 8 heteroatoms. The summed E-state index contributed by atoms with van der Waals surface area (Å²) in [4.78, 5) is 14.4. The van der Waals surface area contributed by atoms with Gasteiger partial charge in [-0.3, -0.25) is 4.79 Å². The summed E-state index contributed by atoms with van der Waals surface area (Å²) in [5, 5.41) is 0.460. The van der Waals surface area contributed by atoms with Gasteiger partial charge in [-0.05, 0) is 61.4 Å². The van der Waals surface area contributed by atoms with Gasteiger partial charge in [0.05, 0.1) is 10.8 Å². The molecule has 0 saturated carbocycles. The van der Waals surface area contributed by atoms with Gasteiger partial charge in [0.2, 0.25) is 15.9 Å². The van der Waals surface area contributed by atoms with Crippen LogP contribution >= 0.6 is 11.6 Å². The van der Waals surface area contributed by atoms with E-state index in [0.29, 0.717) is 30.1 Å². The maximum absolute atomic E-state index is 13.1. The van der Waals surface area contributed by atoms with Crippen LogP contribution in [0.2, 0.25) is 5.02 Å². The van der Waals surface area contributed by atoms with Gasteiger partial charge in [-0.15, -0.1) is 0 Å². The van der Waals surface area contributed by atoms with Crippen LogP contribution in [-0.2, 0) is 14.8 Å². The molecule has 1 amide bonds. The molecule has 0 bridgehead atoms. The minimum atomic E-state index is -3.69. The number of amides is 1. The largest absolute Gasteiger partial charge is 0.315 e. The summed E-state index contributed by atoms with van der Waals surface area (Å²) in [6.45, 7) is 0.490. The number of rotatable bonds is 4. The highest BCUT2D eigenvalue weighted by Crippen LogP contribution is 2.27. The number of benzene rings is 2. The number of sulfonamides is 1. The highest BCUT2D eigenvalue weighted by molar-refractivity contribution is 7.89. The van der Waals surface area contributed by atoms with E-state index in [2.05, 4.69) is 0 Å². The number of hydrogen-bond acceptors (Lipinski definition) is 3. The van der Waals surface area contributed by atoms with E-state index in [-0.39, 0.29) is 23.2 Å². The van der Waals surface area contributed by atoms with Crippen molar-refractivity contribution in [1.29, 1.82) is 0 Å². The normalized spacial score (nSPS) is 18.3. The second kappa shape index (κ2) is 7.96. The van der Waals surface area contributed by atoms with Crippen molar-refractivity contribution in [1.82, 2.24) is 4.31 Å². The average molecular weight is 411 g/mol. The molecule has 1 aliphatic rings. The molecule has 1 heterocycles. The van der Waals surface area contributed by atoms with Gasteiger partial charge in [0.25, 0.3) is 0 Å². The van der Waals surface area contributed by atoms with Crippen LogP contribution < -0.4 is 4.90 Å². The molecule has 1 fully saturated rings. The number of anilines is 1. The molecule has 1 aliphatic heterocycles. The highest BCUT2D eigenvalue weighted by Gasteiger charge is 2.34. The fourth-order valence-electron chi connectivity index (χ4n) is 3.18. The molecule has 0 N–H and O–H groups in total. The first-order valence-electron chi connectivity index (χ1n) is 8.58. The fourth-order valence-corrected chi connectivity index (χ4v) is 4.83. The molecule has 1 atom stereocenters. The van der Waals surface area contributed by atoms with Gasteiger partial charge in [-0.2, -0.15) is 4.31 Å². The first-order valence-corrected chi connectivity index (χ1v) is 10.4. The van der Waals surface area contributed by atoms with Gasteiger partial charge in [-0.25, -0.2) is 12.8 Å². The molecule has 2 aromatic carbocycles. The maximum Gasteiger partial charge on any atom is 0.243 e. The molecule has 144 valence electrons. The Morgan fingerprint density at radius 1 is 1.15 bits per heavy atom. The van der Waals surface area contributed by atoms with Crippen LogP contribution in [0.25, 0.3) is 0 Å². The number of carbonyl (C=O) groups is 1. The lowest BCUT2D eigenvalue weighted by molar-refractivity contribution is -0.123. The molecule has 5 nitrogen and oxygen atoms in total. The van der Waals surface area contributed by atoms with Crippen LogP contribution in [0.3, 0.4) is 0 Å². The summed E-state index contributed by atoms with van der Waals surface area (Å²) in [5.74, 6) is -1.01. The first kappa shape index (κ1) is 19.8. The Morgan fingerprint density at radius 2 is 1.78 bits per heavy atom. The van der Waals surface area contributed by atoms with E-state index in [4.69, 9.17) is 11.6 Å². The van der Waals surface area contributed by atoms with Crippen molar-refractivity contribution in [3.8, 4) is 0 Å². The Hall–Kier alpha value is -1.96. The molecule has 0 unspecified atom stereocenters. The molecular weight excluding hydrogens is 391 g/mol. The minimum Gasteiger partial charge on any atom is -0.315 e. The van der Waals surface area contributed by atoms with E-state index >= 15 is 0 Å². The predicted octanol–water partition coefficient (Wildman–Crippen LogP) is 3.54. The van der Waals surface area contributed by atoms with E-state index in [1.165, 1.54) is 57.7 Å². The van der Waals surface area contributed by atoms with E-state index in [1.54, 1.807) is 7.05 Å². The van der Waals surface area contributed by atoms with Crippen molar-refractivity contribution in [2.24, 2.45) is 5.92 Å². The zero-order valence-corrected chi connectivity index (χ0v) is 16.4. The Morgan fingerprint density at radius 3 is 2.41 bits per heavy atom. The van der Waals surface area contributed by atoms with E-state index in [9.17, 15) is 17.6 Å². The third-order valence-corrected chi connectivity index (χ3v) is 6.86. The van der Waals surface area contributed by atoms with Crippen molar-refractivity contribution in [2.75, 3.05) is 25.0 Å². The van der Waals surface area contributed by atoms with Crippen molar-refractivity contribution < 1.29 is 17.6 Å². The molecule has 3 rings (SSSR count). The van der Waals surface area contributed by atoms with E-state index in [0.717, 1.165) is 0 Å². The second-order valence-corrected chi connectivity index (χ2v) is 8.90. The van der Waals surface area contributed by atoms with Gasteiger partial charge in [0.15, 0.2) is 0 Å².